The lowest BCUT2D eigenvalue weighted by Crippen LogP contribution is -1.99. The predicted octanol–water partition coefficient (Wildman–Crippen LogP) is 5.78. The highest BCUT2D eigenvalue weighted by atomic mass is 31.1. The summed E-state index contributed by atoms with van der Waals surface area (Å²) < 4.78 is 0. The van der Waals surface area contributed by atoms with Gasteiger partial charge in [-0.2, -0.15) is 0 Å². The maximum atomic E-state index is 2.38. The number of allylic oxidation sites excluding steroid dienone is 6. The van der Waals surface area contributed by atoms with Crippen molar-refractivity contribution >= 4 is 13.5 Å². The van der Waals surface area contributed by atoms with Crippen molar-refractivity contribution in [2.75, 3.05) is 12.3 Å². The Morgan fingerprint density at radius 3 is 2.30 bits per heavy atom. The fourth-order valence-electron chi connectivity index (χ4n) is 3.70. The maximum Gasteiger partial charge on any atom is 0.0259 e. The minimum atomic E-state index is 0.0696. The average Bonchev–Trinajstić information content (AvgIpc) is 3.07. The summed E-state index contributed by atoms with van der Waals surface area (Å²) in [4.78, 5) is 0. The van der Waals surface area contributed by atoms with Gasteiger partial charge in [-0.1, -0.05) is 75.9 Å². The van der Waals surface area contributed by atoms with Crippen LogP contribution in [0.5, 0.6) is 0 Å². The van der Waals surface area contributed by atoms with Crippen molar-refractivity contribution in [3.8, 4) is 0 Å². The van der Waals surface area contributed by atoms with Gasteiger partial charge in [0.1, 0.15) is 0 Å². The zero-order chi connectivity index (χ0) is 14.1. The second kappa shape index (κ2) is 5.70. The van der Waals surface area contributed by atoms with E-state index in [1.807, 2.05) is 0 Å². The van der Waals surface area contributed by atoms with Crippen molar-refractivity contribution in [1.82, 2.24) is 0 Å². The van der Waals surface area contributed by atoms with E-state index < -0.39 is 0 Å². The van der Waals surface area contributed by atoms with Crippen LogP contribution >= 0.6 is 7.92 Å². The lowest BCUT2D eigenvalue weighted by molar-refractivity contribution is 1.08. The van der Waals surface area contributed by atoms with E-state index in [1.165, 1.54) is 17.9 Å². The topological polar surface area (TPSA) is 0 Å². The highest BCUT2D eigenvalue weighted by Crippen LogP contribution is 2.61. The van der Waals surface area contributed by atoms with Gasteiger partial charge in [-0.25, -0.2) is 0 Å². The summed E-state index contributed by atoms with van der Waals surface area (Å²) in [6, 6.07) is 9.09. The monoisotopic (exact) mass is 282 g/mol. The molecule has 2 aliphatic rings. The first kappa shape index (κ1) is 13.8. The van der Waals surface area contributed by atoms with Gasteiger partial charge >= 0.3 is 0 Å². The highest BCUT2D eigenvalue weighted by molar-refractivity contribution is 7.58. The van der Waals surface area contributed by atoms with Crippen LogP contribution < -0.4 is 0 Å². The third kappa shape index (κ3) is 2.11. The van der Waals surface area contributed by atoms with Gasteiger partial charge in [0.25, 0.3) is 0 Å². The Hall–Kier alpha value is -1.13. The molecular weight excluding hydrogens is 259 g/mol. The summed E-state index contributed by atoms with van der Waals surface area (Å²) in [6.45, 7) is 7.09. The van der Waals surface area contributed by atoms with Gasteiger partial charge in [-0.05, 0) is 35.9 Å². The van der Waals surface area contributed by atoms with Gasteiger partial charge in [0.2, 0.25) is 0 Å². The van der Waals surface area contributed by atoms with Crippen LogP contribution in [0.2, 0.25) is 0 Å². The molecule has 0 heterocycles. The molecule has 104 valence electrons. The largest absolute Gasteiger partial charge is 0.0953 e. The normalized spacial score (nSPS) is 21.3. The van der Waals surface area contributed by atoms with Crippen LogP contribution in [0.15, 0.2) is 54.1 Å². The minimum Gasteiger partial charge on any atom is -0.0953 e. The Bertz CT molecular complexity index is 576. The molecular formula is C19H23P. The number of rotatable bonds is 4. The molecule has 3 rings (SSSR count). The lowest BCUT2D eigenvalue weighted by Gasteiger charge is -2.24. The molecule has 0 fully saturated rings. The van der Waals surface area contributed by atoms with Crippen molar-refractivity contribution < 1.29 is 0 Å². The van der Waals surface area contributed by atoms with Gasteiger partial charge in [0.05, 0.1) is 0 Å². The Morgan fingerprint density at radius 2 is 1.65 bits per heavy atom. The molecule has 1 unspecified atom stereocenters. The van der Waals surface area contributed by atoms with E-state index in [9.17, 15) is 0 Å². The van der Waals surface area contributed by atoms with E-state index in [0.29, 0.717) is 11.6 Å². The average molecular weight is 282 g/mol. The van der Waals surface area contributed by atoms with Crippen molar-refractivity contribution in [3.05, 3.63) is 65.3 Å². The Balaban J connectivity index is 2.12. The number of hydrogen-bond donors (Lipinski definition) is 0. The van der Waals surface area contributed by atoms with E-state index in [2.05, 4.69) is 69.3 Å². The molecule has 0 amide bonds. The molecule has 0 radical (unpaired) electrons. The van der Waals surface area contributed by atoms with Gasteiger partial charge < -0.3 is 0 Å². The second-order valence-corrected chi connectivity index (χ2v) is 8.56. The maximum absolute atomic E-state index is 2.38. The van der Waals surface area contributed by atoms with E-state index in [4.69, 9.17) is 0 Å². The van der Waals surface area contributed by atoms with E-state index in [-0.39, 0.29) is 7.92 Å². The summed E-state index contributed by atoms with van der Waals surface area (Å²) >= 11 is 0. The SMILES string of the molecule is CCP(CC)C1C(C)=C(C2C=CC=C2)c2ccccc21. The minimum absolute atomic E-state index is 0.0696. The molecule has 0 nitrogen and oxygen atoms in total. The van der Waals surface area contributed by atoms with Gasteiger partial charge in [-0.3, -0.25) is 0 Å². The highest BCUT2D eigenvalue weighted by Gasteiger charge is 2.34. The van der Waals surface area contributed by atoms with Crippen molar-refractivity contribution in [3.63, 3.8) is 0 Å². The number of hydrogen-bond acceptors (Lipinski definition) is 0. The quantitative estimate of drug-likeness (QED) is 0.614. The fourth-order valence-corrected chi connectivity index (χ4v) is 6.18. The molecule has 1 aromatic carbocycles. The van der Waals surface area contributed by atoms with Crippen molar-refractivity contribution in [2.45, 2.75) is 26.4 Å². The summed E-state index contributed by atoms with van der Waals surface area (Å²) in [5.74, 6) is 0.492. The van der Waals surface area contributed by atoms with Crippen LogP contribution in [0.25, 0.3) is 5.57 Å². The molecule has 0 aliphatic heterocycles. The van der Waals surface area contributed by atoms with Crippen molar-refractivity contribution in [2.24, 2.45) is 5.92 Å². The van der Waals surface area contributed by atoms with Crippen molar-refractivity contribution in [1.29, 1.82) is 0 Å². The van der Waals surface area contributed by atoms with Crippen LogP contribution in [0.1, 0.15) is 37.6 Å². The molecule has 20 heavy (non-hydrogen) atoms. The molecule has 1 atom stereocenters. The Morgan fingerprint density at radius 1 is 1.00 bits per heavy atom. The predicted molar refractivity (Wildman–Crippen MR) is 91.5 cm³/mol. The summed E-state index contributed by atoms with van der Waals surface area (Å²) in [7, 11) is 0.0696. The standard InChI is InChI=1S/C19H23P/c1-4-20(5-2)19-14(3)18(15-10-6-7-11-15)16-12-8-9-13-17(16)19/h6-13,15,19H,4-5H2,1-3H3. The molecule has 0 aromatic heterocycles. The molecule has 0 spiro atoms. The lowest BCUT2D eigenvalue weighted by atomic mass is 9.93. The zero-order valence-electron chi connectivity index (χ0n) is 12.6. The summed E-state index contributed by atoms with van der Waals surface area (Å²) in [6.07, 6.45) is 11.7. The Labute approximate surface area is 124 Å². The van der Waals surface area contributed by atoms with Crippen LogP contribution in [0.4, 0.5) is 0 Å². The van der Waals surface area contributed by atoms with Crippen LogP contribution in [0.3, 0.4) is 0 Å². The number of fused-ring (bicyclic) bond motifs is 1. The first-order valence-corrected chi connectivity index (χ1v) is 9.45. The van der Waals surface area contributed by atoms with Crippen LogP contribution in [0, 0.1) is 5.92 Å². The van der Waals surface area contributed by atoms with E-state index in [1.54, 1.807) is 16.7 Å². The van der Waals surface area contributed by atoms with Gasteiger partial charge in [0.15, 0.2) is 0 Å². The third-order valence-electron chi connectivity index (χ3n) is 4.64. The Kier molecular flexibility index (Phi) is 3.94. The van der Waals surface area contributed by atoms with Crippen LogP contribution in [-0.2, 0) is 0 Å². The second-order valence-electron chi connectivity index (χ2n) is 5.60. The molecule has 0 N–H and O–H groups in total. The smallest absolute Gasteiger partial charge is 0.0259 e. The molecule has 0 bridgehead atoms. The first-order valence-electron chi connectivity index (χ1n) is 7.66. The fraction of sp³-hybridized carbons (Fsp3) is 0.368. The first-order chi connectivity index (χ1) is 9.77. The molecule has 0 saturated heterocycles. The van der Waals surface area contributed by atoms with E-state index in [0.717, 1.165) is 0 Å². The third-order valence-corrected chi connectivity index (χ3v) is 7.66. The van der Waals surface area contributed by atoms with Crippen LogP contribution in [-0.4, -0.2) is 12.3 Å². The van der Waals surface area contributed by atoms with Gasteiger partial charge in [0, 0.05) is 11.6 Å². The molecule has 0 saturated carbocycles. The molecule has 1 aromatic rings. The van der Waals surface area contributed by atoms with E-state index >= 15 is 0 Å². The zero-order valence-corrected chi connectivity index (χ0v) is 13.5. The summed E-state index contributed by atoms with van der Waals surface area (Å²) in [5.41, 5.74) is 6.98. The molecule has 1 heteroatoms. The van der Waals surface area contributed by atoms with Gasteiger partial charge in [-0.15, -0.1) is 0 Å². The summed E-state index contributed by atoms with van der Waals surface area (Å²) in [5, 5.41) is 0. The number of benzene rings is 1. The molecule has 2 aliphatic carbocycles.